The van der Waals surface area contributed by atoms with Crippen molar-refractivity contribution in [1.29, 1.82) is 0 Å². The van der Waals surface area contributed by atoms with Gasteiger partial charge in [-0.05, 0) is 31.6 Å². The largest absolute Gasteiger partial charge is 0.411 e. The molecular weight excluding hydrogens is 285 g/mol. The molecule has 0 radical (unpaired) electrons. The molecule has 0 bridgehead atoms. The highest BCUT2D eigenvalue weighted by Crippen LogP contribution is 2.41. The highest BCUT2D eigenvalue weighted by atomic mass is 19.4. The summed E-state index contributed by atoms with van der Waals surface area (Å²) in [6, 6.07) is -0.255. The Morgan fingerprint density at radius 2 is 2.00 bits per heavy atom. The van der Waals surface area contributed by atoms with Crippen molar-refractivity contribution in [2.75, 3.05) is 19.8 Å². The minimum atomic E-state index is -4.29. The van der Waals surface area contributed by atoms with Gasteiger partial charge in [0.1, 0.15) is 6.61 Å². The van der Waals surface area contributed by atoms with Crippen LogP contribution >= 0.6 is 0 Å². The number of hydrogen-bond donors (Lipinski definition) is 2. The zero-order valence-corrected chi connectivity index (χ0v) is 12.3. The van der Waals surface area contributed by atoms with Crippen molar-refractivity contribution in [1.82, 2.24) is 5.43 Å². The maximum atomic E-state index is 12.1. The van der Waals surface area contributed by atoms with Crippen molar-refractivity contribution in [3.63, 3.8) is 0 Å². The average molecular weight is 310 g/mol. The molecule has 124 valence electrons. The molecule has 1 spiro atoms. The summed E-state index contributed by atoms with van der Waals surface area (Å²) in [5, 5.41) is 0. The van der Waals surface area contributed by atoms with Crippen LogP contribution in [0.5, 0.6) is 0 Å². The molecule has 3 N–H and O–H groups in total. The third-order valence-corrected chi connectivity index (χ3v) is 4.64. The summed E-state index contributed by atoms with van der Waals surface area (Å²) in [4.78, 5) is 0. The Hall–Kier alpha value is -0.370. The van der Waals surface area contributed by atoms with E-state index >= 15 is 0 Å². The van der Waals surface area contributed by atoms with Gasteiger partial charge in [0.05, 0.1) is 12.2 Å². The molecule has 2 aliphatic rings. The zero-order chi connectivity index (χ0) is 15.3. The van der Waals surface area contributed by atoms with E-state index in [1.165, 1.54) is 6.42 Å². The lowest BCUT2D eigenvalue weighted by atomic mass is 9.74. The van der Waals surface area contributed by atoms with E-state index in [1.807, 2.05) is 0 Å². The molecule has 1 aliphatic carbocycles. The van der Waals surface area contributed by atoms with Gasteiger partial charge in [0.15, 0.2) is 0 Å². The molecule has 0 aromatic carbocycles. The molecule has 1 aliphatic heterocycles. The average Bonchev–Trinajstić information content (AvgIpc) is 2.43. The van der Waals surface area contributed by atoms with Crippen LogP contribution in [-0.2, 0) is 9.47 Å². The standard InChI is InChI=1S/C14H25F3N2O2/c15-14(16,17)10-20-9-12(19-18)11-4-7-21-13(8-11)5-2-1-3-6-13/h11-12,19H,1-10,18H2. The van der Waals surface area contributed by atoms with E-state index < -0.39 is 12.8 Å². The molecule has 1 heterocycles. The molecule has 0 aromatic rings. The third kappa shape index (κ3) is 5.09. The van der Waals surface area contributed by atoms with Gasteiger partial charge in [-0.2, -0.15) is 13.2 Å². The van der Waals surface area contributed by atoms with Crippen LogP contribution in [-0.4, -0.2) is 37.6 Å². The van der Waals surface area contributed by atoms with E-state index in [9.17, 15) is 13.2 Å². The molecule has 0 amide bonds. The van der Waals surface area contributed by atoms with E-state index in [0.29, 0.717) is 6.61 Å². The Kier molecular flexibility index (Phi) is 5.88. The fourth-order valence-electron chi connectivity index (χ4n) is 3.58. The Bertz CT molecular complexity index is 314. The summed E-state index contributed by atoms with van der Waals surface area (Å²) in [7, 11) is 0. The van der Waals surface area contributed by atoms with Gasteiger partial charge < -0.3 is 9.47 Å². The van der Waals surface area contributed by atoms with Crippen LogP contribution in [0.3, 0.4) is 0 Å². The molecule has 7 heteroatoms. The van der Waals surface area contributed by atoms with Crippen molar-refractivity contribution < 1.29 is 22.6 Å². The fourth-order valence-corrected chi connectivity index (χ4v) is 3.58. The van der Waals surface area contributed by atoms with Gasteiger partial charge in [0.2, 0.25) is 0 Å². The molecular formula is C14H25F3N2O2. The highest BCUT2D eigenvalue weighted by molar-refractivity contribution is 4.92. The number of hydrazine groups is 1. The summed E-state index contributed by atoms with van der Waals surface area (Å²) in [6.45, 7) is -0.585. The zero-order valence-electron chi connectivity index (χ0n) is 12.3. The predicted molar refractivity (Wildman–Crippen MR) is 72.5 cm³/mol. The van der Waals surface area contributed by atoms with E-state index in [1.54, 1.807) is 0 Å². The predicted octanol–water partition coefficient (Wildman–Crippen LogP) is 2.53. The van der Waals surface area contributed by atoms with Gasteiger partial charge in [-0.15, -0.1) is 0 Å². The second-order valence-electron chi connectivity index (χ2n) is 6.25. The molecule has 2 atom stereocenters. The first-order valence-corrected chi connectivity index (χ1v) is 7.69. The van der Waals surface area contributed by atoms with Crippen LogP contribution in [0, 0.1) is 5.92 Å². The minimum absolute atomic E-state index is 0.0171. The molecule has 2 rings (SSSR count). The summed E-state index contributed by atoms with van der Waals surface area (Å²) in [5.74, 6) is 5.72. The number of alkyl halides is 3. The van der Waals surface area contributed by atoms with Gasteiger partial charge in [-0.25, -0.2) is 0 Å². The van der Waals surface area contributed by atoms with Gasteiger partial charge in [-0.1, -0.05) is 19.3 Å². The van der Waals surface area contributed by atoms with Crippen LogP contribution in [0.2, 0.25) is 0 Å². The number of ether oxygens (including phenoxy) is 2. The maximum absolute atomic E-state index is 12.1. The van der Waals surface area contributed by atoms with Gasteiger partial charge in [-0.3, -0.25) is 11.3 Å². The normalized spacial score (nSPS) is 27.7. The number of rotatable bonds is 5. The Balaban J connectivity index is 1.85. The quantitative estimate of drug-likeness (QED) is 0.605. The van der Waals surface area contributed by atoms with Crippen molar-refractivity contribution in [2.24, 2.45) is 11.8 Å². The monoisotopic (exact) mass is 310 g/mol. The van der Waals surface area contributed by atoms with Crippen LogP contribution in [0.4, 0.5) is 13.2 Å². The second kappa shape index (κ2) is 7.26. The number of halogens is 3. The minimum Gasteiger partial charge on any atom is -0.375 e. The summed E-state index contributed by atoms with van der Waals surface area (Å²) in [5.41, 5.74) is 2.55. The highest BCUT2D eigenvalue weighted by Gasteiger charge is 2.41. The smallest absolute Gasteiger partial charge is 0.375 e. The fraction of sp³-hybridized carbons (Fsp3) is 1.00. The Morgan fingerprint density at radius 3 is 2.62 bits per heavy atom. The van der Waals surface area contributed by atoms with Crippen molar-refractivity contribution in [2.45, 2.75) is 62.8 Å². The third-order valence-electron chi connectivity index (χ3n) is 4.64. The summed E-state index contributed by atoms with van der Waals surface area (Å²) < 4.78 is 47.2. The molecule has 4 nitrogen and oxygen atoms in total. The SMILES string of the molecule is NNC(COCC(F)(F)F)C1CCOC2(CCCCC2)C1. The Morgan fingerprint density at radius 1 is 1.29 bits per heavy atom. The molecule has 1 saturated carbocycles. The number of hydrogen-bond acceptors (Lipinski definition) is 4. The first-order valence-electron chi connectivity index (χ1n) is 7.69. The second-order valence-corrected chi connectivity index (χ2v) is 6.25. The van der Waals surface area contributed by atoms with E-state index in [4.69, 9.17) is 15.3 Å². The Labute approximate surface area is 123 Å². The molecule has 2 unspecified atom stereocenters. The molecule has 0 aromatic heterocycles. The maximum Gasteiger partial charge on any atom is 0.411 e. The van der Waals surface area contributed by atoms with Gasteiger partial charge in [0, 0.05) is 12.6 Å². The first-order chi connectivity index (χ1) is 9.94. The lowest BCUT2D eigenvalue weighted by Crippen LogP contribution is -2.51. The van der Waals surface area contributed by atoms with Crippen LogP contribution in [0.25, 0.3) is 0 Å². The van der Waals surface area contributed by atoms with Gasteiger partial charge in [0.25, 0.3) is 0 Å². The van der Waals surface area contributed by atoms with Crippen molar-refractivity contribution in [3.05, 3.63) is 0 Å². The van der Waals surface area contributed by atoms with Gasteiger partial charge >= 0.3 is 6.18 Å². The lowest BCUT2D eigenvalue weighted by Gasteiger charge is -2.45. The van der Waals surface area contributed by atoms with Crippen LogP contribution in [0.15, 0.2) is 0 Å². The van der Waals surface area contributed by atoms with Crippen molar-refractivity contribution in [3.8, 4) is 0 Å². The van der Waals surface area contributed by atoms with E-state index in [2.05, 4.69) is 5.43 Å². The first kappa shape index (κ1) is 17.0. The van der Waals surface area contributed by atoms with Crippen LogP contribution < -0.4 is 11.3 Å². The van der Waals surface area contributed by atoms with Crippen LogP contribution in [0.1, 0.15) is 44.9 Å². The van der Waals surface area contributed by atoms with E-state index in [-0.39, 0.29) is 24.2 Å². The summed E-state index contributed by atoms with van der Waals surface area (Å²) in [6.07, 6.45) is 3.04. The topological polar surface area (TPSA) is 56.5 Å². The lowest BCUT2D eigenvalue weighted by molar-refractivity contribution is -0.178. The number of nitrogens with one attached hydrogen (secondary N) is 1. The number of nitrogens with two attached hydrogens (primary N) is 1. The molecule has 2 fully saturated rings. The molecule has 21 heavy (non-hydrogen) atoms. The van der Waals surface area contributed by atoms with E-state index in [0.717, 1.165) is 38.5 Å². The molecule has 1 saturated heterocycles. The van der Waals surface area contributed by atoms with Crippen molar-refractivity contribution >= 4 is 0 Å². The summed E-state index contributed by atoms with van der Waals surface area (Å²) >= 11 is 0.